The van der Waals surface area contributed by atoms with Gasteiger partial charge in [0, 0.05) is 42.9 Å². The number of esters is 6. The fourth-order valence-electron chi connectivity index (χ4n) is 16.1. The van der Waals surface area contributed by atoms with Crippen LogP contribution in [0.1, 0.15) is 327 Å². The Kier molecular flexibility index (Phi) is 45.6. The maximum atomic E-state index is 12.6. The Morgan fingerprint density at radius 1 is 0.252 bits per heavy atom. The lowest BCUT2D eigenvalue weighted by atomic mass is 9.98. The van der Waals surface area contributed by atoms with Crippen LogP contribution in [0.5, 0.6) is 34.5 Å². The molecular formula is C127H154BrClO18. The lowest BCUT2D eigenvalue weighted by Crippen LogP contribution is -2.16. The van der Waals surface area contributed by atoms with Crippen LogP contribution in [0.2, 0.25) is 5.02 Å². The van der Waals surface area contributed by atoms with Gasteiger partial charge in [-0.15, -0.1) is 0 Å². The molecule has 0 N–H and O–H groups in total. The van der Waals surface area contributed by atoms with Crippen molar-refractivity contribution >= 4 is 63.3 Å². The molecule has 13 rings (SSSR count). The number of carbonyl (C=O) groups excluding carboxylic acids is 6. The summed E-state index contributed by atoms with van der Waals surface area (Å²) < 4.78 is 69.2. The average Bonchev–Trinajstić information content (AvgIpc) is 1.65. The van der Waals surface area contributed by atoms with E-state index in [9.17, 15) is 28.8 Å². The summed E-state index contributed by atoms with van der Waals surface area (Å²) >= 11 is 9.80. The van der Waals surface area contributed by atoms with E-state index in [0.29, 0.717) is 82.9 Å². The monoisotopic (exact) mass is 2080 g/mol. The summed E-state index contributed by atoms with van der Waals surface area (Å²) in [7, 11) is 0. The van der Waals surface area contributed by atoms with Crippen LogP contribution in [-0.4, -0.2) is 72.4 Å². The first kappa shape index (κ1) is 119. The minimum Gasteiger partial charge on any atom is -0.489 e. The van der Waals surface area contributed by atoms with Crippen LogP contribution in [0.4, 0.5) is 0 Å². The zero-order chi connectivity index (χ0) is 109. The molecule has 0 aliphatic heterocycles. The van der Waals surface area contributed by atoms with Gasteiger partial charge < -0.3 is 56.8 Å². The van der Waals surface area contributed by atoms with Gasteiger partial charge >= 0.3 is 35.8 Å². The molecule has 784 valence electrons. The highest BCUT2D eigenvalue weighted by molar-refractivity contribution is 9.10. The van der Waals surface area contributed by atoms with Crippen molar-refractivity contribution in [3.8, 4) is 34.5 Å². The molecule has 18 nitrogen and oxygen atoms in total. The van der Waals surface area contributed by atoms with Crippen LogP contribution in [-0.2, 0) is 74.5 Å². The molecule has 1 fully saturated rings. The van der Waals surface area contributed by atoms with E-state index in [1.165, 1.54) is 79.6 Å². The lowest BCUT2D eigenvalue weighted by Gasteiger charge is -2.17. The molecule has 147 heavy (non-hydrogen) atoms. The first-order valence-electron chi connectivity index (χ1n) is 50.8. The maximum Gasteiger partial charge on any atom is 0.338 e. The highest BCUT2D eigenvalue weighted by Crippen LogP contribution is 2.44. The SMILES string of the molecule is CCc1cccc(C(=O)OC(C)C)c1COc1cc(C)c(C)cc1C.Cc1cc(C)c(OCc2c(Br)cccc2C(=O)OC(C)C)cc1C.Cc1cc(C)c(OCc2c(C(=O)OC(C)C)cccc2C2CC2)cc1C.Cc1cc(C)c(OCc2c(C)cccc2C(=O)OC(C)C)cc1C.Cc1cc(C)c(OCc2c(C)cccc2C(=O)OC(C)C)cc1C.Cc1cc(C)c(OCc2c(Cl)cccc2C(=O)OC(C)C)cc1C. The van der Waals surface area contributed by atoms with Crippen LogP contribution in [0, 0.1) is 138 Å². The third-order valence-corrected chi connectivity index (χ3v) is 26.4. The van der Waals surface area contributed by atoms with E-state index >= 15 is 0 Å². The topological polar surface area (TPSA) is 213 Å². The van der Waals surface area contributed by atoms with Crippen molar-refractivity contribution in [2.75, 3.05) is 0 Å². The standard InChI is InChI=1S/C23H28O3.C22H28O3.2C21H26O3.C20H23BrO3.C20H23ClO3/c1-14(2)26-23(24)20-8-6-7-19(18-9-10-18)21(20)13-25-22-12-16(4)15(3)11-17(22)5;1-7-18-9-8-10-19(22(23)25-14(2)3)20(18)13-24-21-12-16(5)15(4)11-17(21)6;2*1-13(2)24-21(22)18-9-7-8-14(3)19(18)12-23-20-11-16(5)15(4)10-17(20)6;2*1-12(2)24-20(22)16-7-6-8-18(21)17(16)11-23-19-10-14(4)13(3)9-15(19)5/h6-8,11-12,14,18H,9-10,13H2,1-5H3;8-12,14H,7,13H2,1-6H3;2*7-11,13H,12H2,1-6H3;2*6-10,12H,11H2,1-5H3. The molecule has 0 aromatic heterocycles. The Morgan fingerprint density at radius 3 is 0.741 bits per heavy atom. The fourth-order valence-corrected chi connectivity index (χ4v) is 16.8. The van der Waals surface area contributed by atoms with Crippen LogP contribution >= 0.6 is 27.5 Å². The molecule has 1 saturated carbocycles. The predicted molar refractivity (Wildman–Crippen MR) is 595 cm³/mol. The average molecular weight is 2080 g/mol. The van der Waals surface area contributed by atoms with Crippen LogP contribution in [0.25, 0.3) is 0 Å². The van der Waals surface area contributed by atoms with Crippen LogP contribution in [0.3, 0.4) is 0 Å². The van der Waals surface area contributed by atoms with Gasteiger partial charge in [-0.1, -0.05) is 132 Å². The zero-order valence-corrected chi connectivity index (χ0v) is 95.2. The van der Waals surface area contributed by atoms with Crippen molar-refractivity contribution < 1.29 is 85.6 Å². The first-order chi connectivity index (χ1) is 69.4. The van der Waals surface area contributed by atoms with Gasteiger partial charge in [0.25, 0.3) is 0 Å². The summed E-state index contributed by atoms with van der Waals surface area (Å²) in [6, 6.07) is 58.7. The van der Waals surface area contributed by atoms with Gasteiger partial charge in [-0.05, 0) is 454 Å². The molecular weight excluding hydrogens is 1930 g/mol. The molecule has 0 unspecified atom stereocenters. The molecule has 0 bridgehead atoms. The van der Waals surface area contributed by atoms with E-state index in [2.05, 4.69) is 173 Å². The number of hydrogen-bond donors (Lipinski definition) is 0. The molecule has 1 aliphatic carbocycles. The molecule has 1 aliphatic rings. The first-order valence-corrected chi connectivity index (χ1v) is 52.0. The number of hydrogen-bond acceptors (Lipinski definition) is 18. The van der Waals surface area contributed by atoms with Crippen molar-refractivity contribution in [2.24, 2.45) is 0 Å². The van der Waals surface area contributed by atoms with Crippen molar-refractivity contribution in [2.45, 2.75) is 330 Å². The second-order valence-electron chi connectivity index (χ2n) is 39.8. The zero-order valence-electron chi connectivity index (χ0n) is 92.8. The Labute approximate surface area is 888 Å². The number of benzene rings is 12. The molecule has 12 aromatic carbocycles. The quantitative estimate of drug-likeness (QED) is 0.0283. The second-order valence-corrected chi connectivity index (χ2v) is 41.1. The minimum atomic E-state index is -0.386. The Morgan fingerprint density at radius 2 is 0.463 bits per heavy atom. The second kappa shape index (κ2) is 56.3. The van der Waals surface area contributed by atoms with Crippen molar-refractivity contribution in [1.82, 2.24) is 0 Å². The Balaban J connectivity index is 0.000000215. The Hall–Kier alpha value is -13.0. The highest BCUT2D eigenvalue weighted by Gasteiger charge is 2.31. The third-order valence-electron chi connectivity index (χ3n) is 25.3. The largest absolute Gasteiger partial charge is 0.489 e. The lowest BCUT2D eigenvalue weighted by molar-refractivity contribution is 0.0364. The van der Waals surface area contributed by atoms with Gasteiger partial charge in [-0.25, -0.2) is 28.8 Å². The molecule has 0 heterocycles. The van der Waals surface area contributed by atoms with Gasteiger partial charge in [-0.2, -0.15) is 0 Å². The third kappa shape index (κ3) is 35.4. The van der Waals surface area contributed by atoms with E-state index in [4.69, 9.17) is 68.4 Å². The van der Waals surface area contributed by atoms with Crippen LogP contribution < -0.4 is 28.4 Å². The number of aryl methyl sites for hydroxylation is 21. The van der Waals surface area contributed by atoms with Gasteiger partial charge in [0.1, 0.15) is 74.1 Å². The predicted octanol–water partition coefficient (Wildman–Crippen LogP) is 32.0. The van der Waals surface area contributed by atoms with Crippen LogP contribution in [0.15, 0.2) is 186 Å². The smallest absolute Gasteiger partial charge is 0.338 e. The molecule has 20 heteroatoms. The number of rotatable bonds is 32. The Bertz CT molecular complexity index is 6090. The summed E-state index contributed by atoms with van der Waals surface area (Å²) in [5, 5.41) is 0.495. The molecule has 0 saturated heterocycles. The summed E-state index contributed by atoms with van der Waals surface area (Å²) in [6.45, 7) is 67.3. The fraction of sp³-hybridized carbons (Fsp3) is 0.386. The molecule has 0 radical (unpaired) electrons. The van der Waals surface area contributed by atoms with Crippen molar-refractivity contribution in [3.05, 3.63) is 381 Å². The summed E-state index contributed by atoms with van der Waals surface area (Å²) in [4.78, 5) is 74.2. The van der Waals surface area contributed by atoms with Gasteiger partial charge in [0.2, 0.25) is 0 Å². The number of carbonyl (C=O) groups is 6. The van der Waals surface area contributed by atoms with Gasteiger partial charge in [-0.3, -0.25) is 0 Å². The molecule has 12 aromatic rings. The van der Waals surface area contributed by atoms with E-state index in [1.807, 2.05) is 217 Å². The summed E-state index contributed by atoms with van der Waals surface area (Å²) in [5.74, 6) is 3.73. The van der Waals surface area contributed by atoms with Crippen molar-refractivity contribution in [3.63, 3.8) is 0 Å². The van der Waals surface area contributed by atoms with E-state index in [1.54, 1.807) is 36.4 Å². The minimum absolute atomic E-state index is 0.136. The van der Waals surface area contributed by atoms with Gasteiger partial charge in [0.05, 0.1) is 70.0 Å². The van der Waals surface area contributed by atoms with E-state index in [0.717, 1.165) is 129 Å². The van der Waals surface area contributed by atoms with E-state index < -0.39 is 0 Å². The normalized spacial score (nSPS) is 11.3. The molecule has 0 spiro atoms. The number of halogens is 2. The summed E-state index contributed by atoms with van der Waals surface area (Å²) in [5.41, 5.74) is 33.9. The number of ether oxygens (including phenoxy) is 12. The summed E-state index contributed by atoms with van der Waals surface area (Å²) in [6.07, 6.45) is 2.28. The van der Waals surface area contributed by atoms with Crippen molar-refractivity contribution in [1.29, 1.82) is 0 Å². The maximum absolute atomic E-state index is 12.6. The van der Waals surface area contributed by atoms with Gasteiger partial charge in [0.15, 0.2) is 0 Å². The van der Waals surface area contributed by atoms with E-state index in [-0.39, 0.29) is 79.0 Å². The molecule has 0 atom stereocenters. The highest BCUT2D eigenvalue weighted by atomic mass is 79.9. The molecule has 0 amide bonds.